The molecule has 3 heteroatoms. The molecule has 19 heavy (non-hydrogen) atoms. The molecule has 1 aromatic rings. The van der Waals surface area contributed by atoms with Crippen molar-refractivity contribution in [3.8, 4) is 23.3 Å². The zero-order valence-electron chi connectivity index (χ0n) is 11.6. The van der Waals surface area contributed by atoms with Crippen LogP contribution in [0.15, 0.2) is 18.2 Å². The van der Waals surface area contributed by atoms with Gasteiger partial charge in [-0.25, -0.2) is 0 Å². The topological polar surface area (TPSA) is 35.5 Å². The van der Waals surface area contributed by atoms with Gasteiger partial charge in [-0.2, -0.15) is 0 Å². The maximum absolute atomic E-state index is 10.7. The third kappa shape index (κ3) is 5.48. The maximum atomic E-state index is 10.7. The molecule has 0 spiro atoms. The van der Waals surface area contributed by atoms with E-state index in [1.165, 1.54) is 6.42 Å². The highest BCUT2D eigenvalue weighted by Gasteiger charge is 2.04. The van der Waals surface area contributed by atoms with Crippen LogP contribution in [0.3, 0.4) is 0 Å². The molecule has 0 N–H and O–H groups in total. The Hall–Kier alpha value is -1.95. The monoisotopic (exact) mass is 260 g/mol. The first-order chi connectivity index (χ1) is 9.31. The molecule has 1 rings (SSSR count). The van der Waals surface area contributed by atoms with Crippen molar-refractivity contribution in [3.63, 3.8) is 0 Å². The largest absolute Gasteiger partial charge is 0.493 e. The molecule has 0 aliphatic rings. The molecule has 0 aromatic heterocycles. The minimum absolute atomic E-state index is 0.498. The first-order valence-corrected chi connectivity index (χ1v) is 6.53. The Bertz CT molecular complexity index is 455. The van der Waals surface area contributed by atoms with Crippen LogP contribution in [0.4, 0.5) is 0 Å². The van der Waals surface area contributed by atoms with Crippen molar-refractivity contribution in [2.45, 2.75) is 32.6 Å². The quantitative estimate of drug-likeness (QED) is 0.428. The number of carbonyl (C=O) groups excluding carboxylic acids is 1. The van der Waals surface area contributed by atoms with E-state index in [0.29, 0.717) is 30.1 Å². The van der Waals surface area contributed by atoms with Crippen molar-refractivity contribution >= 4 is 6.29 Å². The zero-order chi connectivity index (χ0) is 13.9. The molecule has 0 atom stereocenters. The first kappa shape index (κ1) is 15.1. The highest BCUT2D eigenvalue weighted by Crippen LogP contribution is 2.27. The van der Waals surface area contributed by atoms with Gasteiger partial charge >= 0.3 is 0 Å². The van der Waals surface area contributed by atoms with E-state index in [-0.39, 0.29) is 0 Å². The molecular formula is C16H20O3. The van der Waals surface area contributed by atoms with Crippen molar-refractivity contribution in [1.29, 1.82) is 0 Å². The van der Waals surface area contributed by atoms with Gasteiger partial charge < -0.3 is 9.47 Å². The molecule has 0 amide bonds. The van der Waals surface area contributed by atoms with Crippen LogP contribution in [0.2, 0.25) is 0 Å². The summed E-state index contributed by atoms with van der Waals surface area (Å²) < 4.78 is 10.8. The van der Waals surface area contributed by atoms with Gasteiger partial charge in [-0.05, 0) is 24.6 Å². The minimum atomic E-state index is 0.498. The predicted octanol–water partition coefficient (Wildman–Crippen LogP) is 3.47. The van der Waals surface area contributed by atoms with Crippen LogP contribution in [0, 0.1) is 11.8 Å². The van der Waals surface area contributed by atoms with E-state index in [1.807, 2.05) is 0 Å². The summed E-state index contributed by atoms with van der Waals surface area (Å²) in [4.78, 5) is 10.7. The van der Waals surface area contributed by atoms with E-state index in [1.54, 1.807) is 25.3 Å². The number of unbranched alkanes of at least 4 members (excludes halogenated alkanes) is 2. The van der Waals surface area contributed by atoms with Gasteiger partial charge in [0.25, 0.3) is 0 Å². The Morgan fingerprint density at radius 2 is 2.00 bits per heavy atom. The van der Waals surface area contributed by atoms with E-state index < -0.39 is 0 Å². The second kappa shape index (κ2) is 9.04. The smallest absolute Gasteiger partial charge is 0.161 e. The fourth-order valence-corrected chi connectivity index (χ4v) is 1.53. The van der Waals surface area contributed by atoms with Crippen molar-refractivity contribution < 1.29 is 14.3 Å². The molecule has 3 nitrogen and oxygen atoms in total. The van der Waals surface area contributed by atoms with Crippen molar-refractivity contribution in [2.75, 3.05) is 13.7 Å². The molecule has 0 unspecified atom stereocenters. The molecule has 0 aliphatic heterocycles. The van der Waals surface area contributed by atoms with Crippen LogP contribution in [-0.2, 0) is 0 Å². The molecular weight excluding hydrogens is 240 g/mol. The van der Waals surface area contributed by atoms with Crippen LogP contribution in [0.25, 0.3) is 0 Å². The molecule has 0 saturated heterocycles. The average molecular weight is 260 g/mol. The lowest BCUT2D eigenvalue weighted by molar-refractivity contribution is 0.112. The summed E-state index contributed by atoms with van der Waals surface area (Å²) in [5, 5.41) is 0. The van der Waals surface area contributed by atoms with Crippen molar-refractivity contribution in [3.05, 3.63) is 23.8 Å². The second-order valence-corrected chi connectivity index (χ2v) is 4.08. The van der Waals surface area contributed by atoms with Crippen LogP contribution < -0.4 is 9.47 Å². The first-order valence-electron chi connectivity index (χ1n) is 6.53. The number of carbonyl (C=O) groups is 1. The molecule has 0 bridgehead atoms. The van der Waals surface area contributed by atoms with E-state index in [0.717, 1.165) is 19.1 Å². The number of hydrogen-bond acceptors (Lipinski definition) is 3. The normalized spacial score (nSPS) is 9.37. The van der Waals surface area contributed by atoms with Crippen LogP contribution in [0.1, 0.15) is 43.0 Å². The number of hydrogen-bond donors (Lipinski definition) is 0. The Kier molecular flexibility index (Phi) is 7.19. The molecule has 0 saturated carbocycles. The highest BCUT2D eigenvalue weighted by atomic mass is 16.5. The Morgan fingerprint density at radius 3 is 2.68 bits per heavy atom. The van der Waals surface area contributed by atoms with Gasteiger partial charge in [0.15, 0.2) is 11.5 Å². The van der Waals surface area contributed by atoms with Crippen molar-refractivity contribution in [2.24, 2.45) is 0 Å². The van der Waals surface area contributed by atoms with Crippen LogP contribution in [0.5, 0.6) is 11.5 Å². The highest BCUT2D eigenvalue weighted by molar-refractivity contribution is 5.76. The fourth-order valence-electron chi connectivity index (χ4n) is 1.53. The Balaban J connectivity index is 2.47. The summed E-state index contributed by atoms with van der Waals surface area (Å²) in [5.41, 5.74) is 0.574. The van der Waals surface area contributed by atoms with E-state index in [2.05, 4.69) is 18.8 Å². The zero-order valence-corrected chi connectivity index (χ0v) is 11.6. The van der Waals surface area contributed by atoms with Crippen LogP contribution in [-0.4, -0.2) is 20.0 Å². The van der Waals surface area contributed by atoms with Crippen LogP contribution >= 0.6 is 0 Å². The SMILES string of the molecule is CCCCC#CCCOc1cc(C=O)ccc1OC. The fraction of sp³-hybridized carbons (Fsp3) is 0.438. The van der Waals surface area contributed by atoms with E-state index in [4.69, 9.17) is 9.47 Å². The van der Waals surface area contributed by atoms with Gasteiger partial charge in [0.1, 0.15) is 6.29 Å². The molecule has 102 valence electrons. The van der Waals surface area contributed by atoms with Gasteiger partial charge in [0.2, 0.25) is 0 Å². The molecule has 0 aliphatic carbocycles. The maximum Gasteiger partial charge on any atom is 0.161 e. The summed E-state index contributed by atoms with van der Waals surface area (Å²) >= 11 is 0. The lowest BCUT2D eigenvalue weighted by Gasteiger charge is -2.09. The molecule has 1 aromatic carbocycles. The molecule has 0 radical (unpaired) electrons. The van der Waals surface area contributed by atoms with E-state index in [9.17, 15) is 4.79 Å². The third-order valence-corrected chi connectivity index (χ3v) is 2.59. The van der Waals surface area contributed by atoms with Crippen molar-refractivity contribution in [1.82, 2.24) is 0 Å². The number of ether oxygens (including phenoxy) is 2. The Morgan fingerprint density at radius 1 is 1.21 bits per heavy atom. The third-order valence-electron chi connectivity index (χ3n) is 2.59. The number of rotatable bonds is 7. The van der Waals surface area contributed by atoms with Gasteiger partial charge in [0.05, 0.1) is 13.7 Å². The molecule has 0 fully saturated rings. The minimum Gasteiger partial charge on any atom is -0.493 e. The average Bonchev–Trinajstić information content (AvgIpc) is 2.46. The molecule has 0 heterocycles. The number of methoxy groups -OCH3 is 1. The lowest BCUT2D eigenvalue weighted by atomic mass is 10.2. The van der Waals surface area contributed by atoms with Gasteiger partial charge in [0, 0.05) is 18.4 Å². The summed E-state index contributed by atoms with van der Waals surface area (Å²) in [7, 11) is 1.58. The summed E-state index contributed by atoms with van der Waals surface area (Å²) in [6.45, 7) is 2.65. The second-order valence-electron chi connectivity index (χ2n) is 4.08. The van der Waals surface area contributed by atoms with E-state index >= 15 is 0 Å². The number of benzene rings is 1. The van der Waals surface area contributed by atoms with Gasteiger partial charge in [-0.1, -0.05) is 19.3 Å². The Labute approximate surface area is 114 Å². The summed E-state index contributed by atoms with van der Waals surface area (Å²) in [5.74, 6) is 7.39. The summed E-state index contributed by atoms with van der Waals surface area (Å²) in [6.07, 6.45) is 4.72. The lowest BCUT2D eigenvalue weighted by Crippen LogP contribution is -1.99. The van der Waals surface area contributed by atoms with Gasteiger partial charge in [-0.15, -0.1) is 5.92 Å². The number of aldehydes is 1. The standard InChI is InChI=1S/C16H20O3/c1-3-4-5-6-7-8-11-19-16-12-14(13-17)9-10-15(16)18-2/h9-10,12-13H,3-5,8,11H2,1-2H3. The summed E-state index contributed by atoms with van der Waals surface area (Å²) in [6, 6.07) is 5.10. The van der Waals surface area contributed by atoms with Gasteiger partial charge in [-0.3, -0.25) is 4.79 Å². The predicted molar refractivity (Wildman–Crippen MR) is 75.8 cm³/mol.